The third kappa shape index (κ3) is 1.32. The van der Waals surface area contributed by atoms with Gasteiger partial charge in [0.25, 0.3) is 0 Å². The minimum Gasteiger partial charge on any atom is -0.466 e. The van der Waals surface area contributed by atoms with Crippen molar-refractivity contribution in [3.05, 3.63) is 0 Å². The number of carbonyl (C=O) groups is 2. The molecule has 5 heteroatoms. The van der Waals surface area contributed by atoms with Gasteiger partial charge in [0.15, 0.2) is 0 Å². The van der Waals surface area contributed by atoms with Gasteiger partial charge in [0.05, 0.1) is 12.5 Å². The van der Waals surface area contributed by atoms with E-state index < -0.39 is 6.09 Å². The second-order valence-electron chi connectivity index (χ2n) is 3.79. The van der Waals surface area contributed by atoms with Gasteiger partial charge < -0.3 is 14.7 Å². The molecule has 0 spiro atoms. The van der Waals surface area contributed by atoms with Gasteiger partial charge in [-0.05, 0) is 18.8 Å². The molecular weight excluding hydrogens is 186 g/mol. The monoisotopic (exact) mass is 199 g/mol. The number of fused-ring (bicyclic) bond motifs is 1. The zero-order valence-corrected chi connectivity index (χ0v) is 7.97. The number of esters is 1. The first-order chi connectivity index (χ1) is 6.65. The van der Waals surface area contributed by atoms with Gasteiger partial charge in [0.2, 0.25) is 0 Å². The van der Waals surface area contributed by atoms with Gasteiger partial charge >= 0.3 is 12.1 Å². The molecule has 1 saturated carbocycles. The second kappa shape index (κ2) is 3.15. The molecule has 78 valence electrons. The number of carbonyl (C=O) groups excluding carboxylic acids is 1. The zero-order valence-electron chi connectivity index (χ0n) is 7.97. The van der Waals surface area contributed by atoms with E-state index in [1.807, 2.05) is 0 Å². The molecule has 2 unspecified atom stereocenters. The summed E-state index contributed by atoms with van der Waals surface area (Å²) in [5, 5.41) is 8.69. The molecule has 1 aliphatic heterocycles. The summed E-state index contributed by atoms with van der Waals surface area (Å²) in [4.78, 5) is 23.3. The number of piperidine rings is 1. The number of hydrogen-bond donors (Lipinski definition) is 1. The Balaban J connectivity index is 1.85. The molecule has 0 aromatic carbocycles. The van der Waals surface area contributed by atoms with Crippen LogP contribution in [-0.2, 0) is 9.53 Å². The highest BCUT2D eigenvalue weighted by molar-refractivity contribution is 5.78. The van der Waals surface area contributed by atoms with E-state index in [1.54, 1.807) is 6.92 Å². The molecule has 1 amide bonds. The number of likely N-dealkylation sites (tertiary alicyclic amines) is 1. The van der Waals surface area contributed by atoms with Crippen LogP contribution in [-0.4, -0.2) is 41.8 Å². The summed E-state index contributed by atoms with van der Waals surface area (Å²) in [6, 6.07) is 0. The van der Waals surface area contributed by atoms with Crippen LogP contribution < -0.4 is 0 Å². The van der Waals surface area contributed by atoms with Crippen molar-refractivity contribution in [1.82, 2.24) is 4.90 Å². The van der Waals surface area contributed by atoms with E-state index >= 15 is 0 Å². The van der Waals surface area contributed by atoms with Crippen LogP contribution in [0.3, 0.4) is 0 Å². The quantitative estimate of drug-likeness (QED) is 0.654. The van der Waals surface area contributed by atoms with E-state index in [2.05, 4.69) is 0 Å². The third-order valence-electron chi connectivity index (χ3n) is 3.02. The van der Waals surface area contributed by atoms with Crippen LogP contribution in [0.1, 0.15) is 6.92 Å². The maximum atomic E-state index is 11.3. The highest BCUT2D eigenvalue weighted by atomic mass is 16.5. The van der Waals surface area contributed by atoms with Gasteiger partial charge in [-0.3, -0.25) is 4.79 Å². The highest BCUT2D eigenvalue weighted by Gasteiger charge is 2.61. The molecular formula is C9H13NO4. The fourth-order valence-corrected chi connectivity index (χ4v) is 2.27. The summed E-state index contributed by atoms with van der Waals surface area (Å²) in [6.07, 6.45) is -0.889. The molecule has 5 nitrogen and oxygen atoms in total. The van der Waals surface area contributed by atoms with Gasteiger partial charge in [-0.15, -0.1) is 0 Å². The summed E-state index contributed by atoms with van der Waals surface area (Å²) in [7, 11) is 0. The fourth-order valence-electron chi connectivity index (χ4n) is 2.27. The normalized spacial score (nSPS) is 33.8. The largest absolute Gasteiger partial charge is 0.466 e. The van der Waals surface area contributed by atoms with Crippen LogP contribution in [0.4, 0.5) is 4.79 Å². The summed E-state index contributed by atoms with van der Waals surface area (Å²) in [5.41, 5.74) is 0. The standard InChI is InChI=1S/C9H13NO4/c1-2-14-8(11)7-5-3-10(9(12)13)4-6(5)7/h5-7H,2-4H2,1H3,(H,12,13). The topological polar surface area (TPSA) is 66.8 Å². The van der Waals surface area contributed by atoms with Gasteiger partial charge in [-0.25, -0.2) is 4.79 Å². The van der Waals surface area contributed by atoms with Crippen LogP contribution in [0.15, 0.2) is 0 Å². The van der Waals surface area contributed by atoms with Crippen molar-refractivity contribution in [1.29, 1.82) is 0 Å². The minimum atomic E-state index is -0.889. The molecule has 1 N–H and O–H groups in total. The number of rotatable bonds is 2. The first-order valence-corrected chi connectivity index (χ1v) is 4.79. The zero-order chi connectivity index (χ0) is 10.3. The van der Waals surface area contributed by atoms with Crippen LogP contribution >= 0.6 is 0 Å². The summed E-state index contributed by atoms with van der Waals surface area (Å²) in [5.74, 6) is 0.230. The maximum absolute atomic E-state index is 11.3. The molecule has 1 aliphatic carbocycles. The van der Waals surface area contributed by atoms with E-state index in [0.717, 1.165) is 0 Å². The average molecular weight is 199 g/mol. The van der Waals surface area contributed by atoms with Crippen LogP contribution in [0.5, 0.6) is 0 Å². The molecule has 1 saturated heterocycles. The molecule has 0 aromatic rings. The second-order valence-corrected chi connectivity index (χ2v) is 3.79. The first-order valence-electron chi connectivity index (χ1n) is 4.79. The lowest BCUT2D eigenvalue weighted by Crippen LogP contribution is -2.31. The maximum Gasteiger partial charge on any atom is 0.407 e. The van der Waals surface area contributed by atoms with Gasteiger partial charge in [0, 0.05) is 13.1 Å². The molecule has 2 aliphatic rings. The molecule has 2 fully saturated rings. The van der Waals surface area contributed by atoms with Crippen LogP contribution in [0.25, 0.3) is 0 Å². The SMILES string of the molecule is CCOC(=O)C1C2CN(C(=O)O)CC21. The Morgan fingerprint density at radius 3 is 2.43 bits per heavy atom. The number of amides is 1. The average Bonchev–Trinajstić information content (AvgIpc) is 2.62. The smallest absolute Gasteiger partial charge is 0.407 e. The Morgan fingerprint density at radius 1 is 1.43 bits per heavy atom. The minimum absolute atomic E-state index is 0.0365. The Morgan fingerprint density at radius 2 is 2.00 bits per heavy atom. The van der Waals surface area contributed by atoms with Gasteiger partial charge in [-0.2, -0.15) is 0 Å². The molecule has 14 heavy (non-hydrogen) atoms. The van der Waals surface area contributed by atoms with E-state index in [1.165, 1.54) is 4.90 Å². The summed E-state index contributed by atoms with van der Waals surface area (Å²) in [6.45, 7) is 3.16. The molecule has 2 rings (SSSR count). The summed E-state index contributed by atoms with van der Waals surface area (Å²) < 4.78 is 4.89. The van der Waals surface area contributed by atoms with Crippen molar-refractivity contribution in [3.63, 3.8) is 0 Å². The van der Waals surface area contributed by atoms with Crippen molar-refractivity contribution >= 4 is 12.1 Å². The lowest BCUT2D eigenvalue weighted by atomic mass is 10.3. The number of carboxylic acid groups (broad SMARTS) is 1. The predicted octanol–water partition coefficient (Wildman–Crippen LogP) is 0.405. The Hall–Kier alpha value is -1.26. The molecule has 0 bridgehead atoms. The number of nitrogens with zero attached hydrogens (tertiary/aromatic N) is 1. The fraction of sp³-hybridized carbons (Fsp3) is 0.778. The van der Waals surface area contributed by atoms with Crippen molar-refractivity contribution < 1.29 is 19.4 Å². The molecule has 0 aromatic heterocycles. The first kappa shape index (κ1) is 9.30. The van der Waals surface area contributed by atoms with E-state index in [-0.39, 0.29) is 23.7 Å². The Kier molecular flexibility index (Phi) is 2.09. The molecule has 1 heterocycles. The van der Waals surface area contributed by atoms with E-state index in [4.69, 9.17) is 9.84 Å². The Bertz CT molecular complexity index is 266. The van der Waals surface area contributed by atoms with Crippen molar-refractivity contribution in [2.75, 3.05) is 19.7 Å². The number of hydrogen-bond acceptors (Lipinski definition) is 3. The van der Waals surface area contributed by atoms with Crippen molar-refractivity contribution in [2.24, 2.45) is 17.8 Å². The predicted molar refractivity (Wildman–Crippen MR) is 46.7 cm³/mol. The van der Waals surface area contributed by atoms with E-state index in [9.17, 15) is 9.59 Å². The lowest BCUT2D eigenvalue weighted by Gasteiger charge is -2.14. The van der Waals surface area contributed by atoms with E-state index in [0.29, 0.717) is 19.7 Å². The third-order valence-corrected chi connectivity index (χ3v) is 3.02. The lowest BCUT2D eigenvalue weighted by molar-refractivity contribution is -0.145. The van der Waals surface area contributed by atoms with Crippen LogP contribution in [0, 0.1) is 17.8 Å². The molecule has 2 atom stereocenters. The van der Waals surface area contributed by atoms with Crippen molar-refractivity contribution in [3.8, 4) is 0 Å². The van der Waals surface area contributed by atoms with Crippen LogP contribution in [0.2, 0.25) is 0 Å². The van der Waals surface area contributed by atoms with Crippen molar-refractivity contribution in [2.45, 2.75) is 6.92 Å². The molecule has 0 radical (unpaired) electrons. The highest BCUT2D eigenvalue weighted by Crippen LogP contribution is 2.52. The van der Waals surface area contributed by atoms with Gasteiger partial charge in [-0.1, -0.05) is 0 Å². The number of ether oxygens (including phenoxy) is 1. The van der Waals surface area contributed by atoms with Gasteiger partial charge in [0.1, 0.15) is 0 Å². The summed E-state index contributed by atoms with van der Waals surface area (Å²) >= 11 is 0. The Labute approximate surface area is 81.6 Å².